The third-order valence-electron chi connectivity index (χ3n) is 4.41. The van der Waals surface area contributed by atoms with Crippen LogP contribution in [-0.2, 0) is 11.2 Å². The maximum absolute atomic E-state index is 14.1. The second-order valence-corrected chi connectivity index (χ2v) is 6.28. The first-order chi connectivity index (χ1) is 11.9. The van der Waals surface area contributed by atoms with Gasteiger partial charge in [0.1, 0.15) is 17.4 Å². The summed E-state index contributed by atoms with van der Waals surface area (Å²) in [5, 5.41) is 14.4. The number of nitrogens with one attached hydrogen (secondary N) is 2. The van der Waals surface area contributed by atoms with Crippen LogP contribution in [-0.4, -0.2) is 22.3 Å². The van der Waals surface area contributed by atoms with Crippen molar-refractivity contribution in [2.45, 2.75) is 37.8 Å². The number of carbonyl (C=O) groups is 1. The fourth-order valence-electron chi connectivity index (χ4n) is 3.03. The zero-order chi connectivity index (χ0) is 18.0. The number of aromatic amines is 1. The number of hydrogen-bond acceptors (Lipinski definition) is 4. The molecule has 1 aliphatic carbocycles. The smallest absolute Gasteiger partial charge is 0.280 e. The average Bonchev–Trinajstić information content (AvgIpc) is 2.94. The molecule has 25 heavy (non-hydrogen) atoms. The molecule has 1 aliphatic rings. The number of aliphatic hydroxyl groups is 1. The Kier molecular flexibility index (Phi) is 4.98. The lowest BCUT2D eigenvalue weighted by Gasteiger charge is -2.38. The Morgan fingerprint density at radius 2 is 2.12 bits per heavy atom. The van der Waals surface area contributed by atoms with Crippen LogP contribution in [0.15, 0.2) is 33.6 Å². The van der Waals surface area contributed by atoms with Crippen LogP contribution < -0.4 is 10.9 Å². The normalized spacial score (nSPS) is 20.8. The number of aliphatic hydroxyl groups excluding tert-OH is 1. The molecule has 0 unspecified atom stereocenters. The Labute approximate surface area is 141 Å². The minimum atomic E-state index is -0.733. The second-order valence-electron chi connectivity index (χ2n) is 6.28. The van der Waals surface area contributed by atoms with Gasteiger partial charge in [-0.3, -0.25) is 9.59 Å². The van der Waals surface area contributed by atoms with Crippen LogP contribution in [0.25, 0.3) is 0 Å². The van der Waals surface area contributed by atoms with Crippen molar-refractivity contribution < 1.29 is 23.2 Å². The molecule has 3 N–H and O–H groups in total. The van der Waals surface area contributed by atoms with Crippen LogP contribution >= 0.6 is 0 Å². The van der Waals surface area contributed by atoms with E-state index in [0.29, 0.717) is 18.6 Å². The first kappa shape index (κ1) is 17.3. The molecule has 6 nitrogen and oxygen atoms in total. The summed E-state index contributed by atoms with van der Waals surface area (Å²) in [7, 11) is 0. The molecule has 0 radical (unpaired) electrons. The monoisotopic (exact) mass is 352 g/mol. The van der Waals surface area contributed by atoms with Gasteiger partial charge in [-0.25, -0.2) is 8.78 Å². The van der Waals surface area contributed by atoms with E-state index in [1.807, 2.05) is 0 Å². The minimum Gasteiger partial charge on any atom is -0.393 e. The van der Waals surface area contributed by atoms with Gasteiger partial charge in [-0.15, -0.1) is 0 Å². The van der Waals surface area contributed by atoms with E-state index in [0.717, 1.165) is 12.1 Å². The van der Waals surface area contributed by atoms with Crippen LogP contribution in [0.2, 0.25) is 0 Å². The zero-order valence-corrected chi connectivity index (χ0v) is 13.3. The highest BCUT2D eigenvalue weighted by atomic mass is 19.1. The van der Waals surface area contributed by atoms with Gasteiger partial charge in [-0.05, 0) is 24.8 Å². The van der Waals surface area contributed by atoms with Gasteiger partial charge in [0.05, 0.1) is 12.1 Å². The highest BCUT2D eigenvalue weighted by Crippen LogP contribution is 2.39. The van der Waals surface area contributed by atoms with E-state index in [9.17, 15) is 23.5 Å². The van der Waals surface area contributed by atoms with Crippen molar-refractivity contribution in [3.63, 3.8) is 0 Å². The molecule has 8 heteroatoms. The summed E-state index contributed by atoms with van der Waals surface area (Å²) in [6.07, 6.45) is 0.677. The van der Waals surface area contributed by atoms with Crippen molar-refractivity contribution in [1.29, 1.82) is 0 Å². The number of aryl methyl sites for hydroxylation is 1. The van der Waals surface area contributed by atoms with Gasteiger partial charge in [0.15, 0.2) is 0 Å². The number of carbonyl (C=O) groups excluding carboxylic acids is 1. The number of benzene rings is 1. The molecule has 0 saturated heterocycles. The molecular weight excluding hydrogens is 334 g/mol. The molecule has 1 fully saturated rings. The fourth-order valence-corrected chi connectivity index (χ4v) is 3.03. The first-order valence-corrected chi connectivity index (χ1v) is 8.02. The molecule has 0 bridgehead atoms. The number of halogens is 2. The number of aromatic nitrogens is 1. The fraction of sp³-hybridized carbons (Fsp3) is 0.412. The van der Waals surface area contributed by atoms with Gasteiger partial charge < -0.3 is 14.9 Å². The van der Waals surface area contributed by atoms with E-state index >= 15 is 0 Å². The molecule has 0 aliphatic heterocycles. The molecule has 1 aromatic carbocycles. The summed E-state index contributed by atoms with van der Waals surface area (Å²) in [6.45, 7) is 0. The van der Waals surface area contributed by atoms with Crippen molar-refractivity contribution in [2.24, 2.45) is 5.92 Å². The van der Waals surface area contributed by atoms with Crippen molar-refractivity contribution in [3.8, 4) is 0 Å². The summed E-state index contributed by atoms with van der Waals surface area (Å²) in [6, 6.07) is 3.84. The number of rotatable bonds is 6. The topological polar surface area (TPSA) is 95.3 Å². The Bertz CT molecular complexity index is 811. The van der Waals surface area contributed by atoms with E-state index in [2.05, 4.69) is 10.5 Å². The van der Waals surface area contributed by atoms with E-state index in [1.165, 1.54) is 12.1 Å². The number of amides is 1. The number of hydrogen-bond donors (Lipinski definition) is 3. The van der Waals surface area contributed by atoms with Crippen molar-refractivity contribution in [2.75, 3.05) is 0 Å². The van der Waals surface area contributed by atoms with Gasteiger partial charge in [0.2, 0.25) is 5.91 Å². The van der Waals surface area contributed by atoms with E-state index < -0.39 is 23.8 Å². The zero-order valence-electron chi connectivity index (χ0n) is 13.3. The molecule has 1 atom stereocenters. The van der Waals surface area contributed by atoms with Crippen LogP contribution in [0.1, 0.15) is 36.6 Å². The summed E-state index contributed by atoms with van der Waals surface area (Å²) < 4.78 is 32.1. The maximum Gasteiger partial charge on any atom is 0.280 e. The van der Waals surface area contributed by atoms with E-state index in [4.69, 9.17) is 4.52 Å². The molecule has 2 aromatic rings. The van der Waals surface area contributed by atoms with Crippen LogP contribution in [0.4, 0.5) is 8.78 Å². The highest BCUT2D eigenvalue weighted by molar-refractivity contribution is 5.76. The third kappa shape index (κ3) is 4.14. The lowest BCUT2D eigenvalue weighted by Crippen LogP contribution is -2.41. The summed E-state index contributed by atoms with van der Waals surface area (Å²) in [5.41, 5.74) is -0.190. The van der Waals surface area contributed by atoms with Gasteiger partial charge >= 0.3 is 0 Å². The van der Waals surface area contributed by atoms with E-state index in [1.54, 1.807) is 0 Å². The molecule has 1 saturated carbocycles. The summed E-state index contributed by atoms with van der Waals surface area (Å²) in [4.78, 5) is 23.2. The average molecular weight is 352 g/mol. The maximum atomic E-state index is 14.1. The second kappa shape index (κ2) is 7.18. The molecular formula is C17H18F2N2O4. The number of H-pyrrole nitrogens is 1. The van der Waals surface area contributed by atoms with E-state index in [-0.39, 0.29) is 35.8 Å². The summed E-state index contributed by atoms with van der Waals surface area (Å²) in [5.74, 6) is -1.54. The van der Waals surface area contributed by atoms with Crippen molar-refractivity contribution >= 4 is 5.91 Å². The molecule has 1 amide bonds. The van der Waals surface area contributed by atoms with Gasteiger partial charge in [0.25, 0.3) is 5.56 Å². The van der Waals surface area contributed by atoms with Crippen LogP contribution in [0, 0.1) is 17.6 Å². The van der Waals surface area contributed by atoms with Gasteiger partial charge in [0, 0.05) is 30.5 Å². The van der Waals surface area contributed by atoms with Gasteiger partial charge in [-0.1, -0.05) is 6.07 Å². The van der Waals surface area contributed by atoms with Crippen molar-refractivity contribution in [1.82, 2.24) is 10.5 Å². The quantitative estimate of drug-likeness (QED) is 0.739. The minimum absolute atomic E-state index is 0.0510. The molecule has 1 aromatic heterocycles. The molecule has 1 heterocycles. The SMILES string of the molecule is O=C(CCc1cc(=O)[nH]o1)N[C@@H](c1ccc(F)cc1F)C1CC(O)C1. The predicted octanol–water partition coefficient (Wildman–Crippen LogP) is 1.81. The Morgan fingerprint density at radius 3 is 2.72 bits per heavy atom. The Balaban J connectivity index is 1.69. The largest absolute Gasteiger partial charge is 0.393 e. The lowest BCUT2D eigenvalue weighted by atomic mass is 9.75. The Morgan fingerprint density at radius 1 is 1.36 bits per heavy atom. The summed E-state index contributed by atoms with van der Waals surface area (Å²) >= 11 is 0. The standard InChI is InChI=1S/C17H18F2N2O4/c18-10-1-3-13(14(19)7-10)17(9-5-11(22)6-9)20-15(23)4-2-12-8-16(24)21-25-12/h1,3,7-9,11,17,22H,2,4-6H2,(H,20,23)(H,21,24)/t9?,11?,17-/m1/s1. The van der Waals surface area contributed by atoms with Crippen molar-refractivity contribution in [3.05, 3.63) is 57.6 Å². The predicted molar refractivity (Wildman–Crippen MR) is 83.6 cm³/mol. The van der Waals surface area contributed by atoms with Crippen LogP contribution in [0.3, 0.4) is 0 Å². The first-order valence-electron chi connectivity index (χ1n) is 8.02. The molecule has 134 valence electrons. The molecule has 0 spiro atoms. The lowest BCUT2D eigenvalue weighted by molar-refractivity contribution is -0.123. The highest BCUT2D eigenvalue weighted by Gasteiger charge is 2.36. The van der Waals surface area contributed by atoms with Crippen LogP contribution in [0.5, 0.6) is 0 Å². The molecule has 3 rings (SSSR count). The Hall–Kier alpha value is -2.48. The third-order valence-corrected chi connectivity index (χ3v) is 4.41. The van der Waals surface area contributed by atoms with Gasteiger partial charge in [-0.2, -0.15) is 5.16 Å².